The molecule has 0 saturated carbocycles. The van der Waals surface area contributed by atoms with Gasteiger partial charge in [-0.15, -0.1) is 0 Å². The van der Waals surface area contributed by atoms with Gasteiger partial charge in [0, 0.05) is 0 Å². The van der Waals surface area contributed by atoms with Gasteiger partial charge in [-0.3, -0.25) is 14.9 Å². The molecule has 0 aliphatic carbocycles. The van der Waals surface area contributed by atoms with Crippen molar-refractivity contribution < 1.29 is 23.5 Å². The SMILES string of the molecule is CCOc1ccc2nc(NC(=O)COC(=O)Cc3cccc(F)c3)sc2c1. The molecule has 0 bridgehead atoms. The van der Waals surface area contributed by atoms with Gasteiger partial charge in [0.1, 0.15) is 11.6 Å². The summed E-state index contributed by atoms with van der Waals surface area (Å²) in [5.74, 6) is -0.799. The van der Waals surface area contributed by atoms with Gasteiger partial charge in [-0.1, -0.05) is 23.5 Å². The maximum atomic E-state index is 13.1. The number of carbonyl (C=O) groups is 2. The summed E-state index contributed by atoms with van der Waals surface area (Å²) in [6.45, 7) is 2.03. The molecule has 0 atom stereocenters. The van der Waals surface area contributed by atoms with Crippen molar-refractivity contribution >= 4 is 38.6 Å². The molecule has 8 heteroatoms. The number of nitrogens with zero attached hydrogens (tertiary/aromatic N) is 1. The van der Waals surface area contributed by atoms with Gasteiger partial charge in [0.05, 0.1) is 23.2 Å². The first-order chi connectivity index (χ1) is 13.0. The molecule has 0 saturated heterocycles. The number of esters is 1. The van der Waals surface area contributed by atoms with Crippen LogP contribution in [0.15, 0.2) is 42.5 Å². The summed E-state index contributed by atoms with van der Waals surface area (Å²) < 4.78 is 24.3. The van der Waals surface area contributed by atoms with Crippen molar-refractivity contribution in [3.05, 3.63) is 53.8 Å². The summed E-state index contributed by atoms with van der Waals surface area (Å²) in [4.78, 5) is 28.0. The molecule has 0 unspecified atom stereocenters. The van der Waals surface area contributed by atoms with Crippen molar-refractivity contribution in [3.63, 3.8) is 0 Å². The summed E-state index contributed by atoms with van der Waals surface area (Å²) in [5, 5.41) is 3.01. The zero-order valence-electron chi connectivity index (χ0n) is 14.5. The van der Waals surface area contributed by atoms with Crippen LogP contribution in [0.5, 0.6) is 5.75 Å². The van der Waals surface area contributed by atoms with Crippen LogP contribution in [0.2, 0.25) is 0 Å². The van der Waals surface area contributed by atoms with E-state index in [2.05, 4.69) is 10.3 Å². The standard InChI is InChI=1S/C19H17FN2O4S/c1-2-25-14-6-7-15-16(10-14)27-19(21-15)22-17(23)11-26-18(24)9-12-4-3-5-13(20)8-12/h3-8,10H,2,9,11H2,1H3,(H,21,22,23). The van der Waals surface area contributed by atoms with E-state index in [4.69, 9.17) is 9.47 Å². The molecule has 6 nitrogen and oxygen atoms in total. The normalized spacial score (nSPS) is 10.6. The number of hydrogen-bond donors (Lipinski definition) is 1. The van der Waals surface area contributed by atoms with Crippen LogP contribution in [0.1, 0.15) is 12.5 Å². The Balaban J connectivity index is 1.52. The average Bonchev–Trinajstić information content (AvgIpc) is 3.02. The highest BCUT2D eigenvalue weighted by atomic mass is 32.1. The molecule has 27 heavy (non-hydrogen) atoms. The molecular weight excluding hydrogens is 371 g/mol. The van der Waals surface area contributed by atoms with Crippen LogP contribution in [-0.2, 0) is 20.7 Å². The van der Waals surface area contributed by atoms with E-state index in [-0.39, 0.29) is 6.42 Å². The zero-order valence-corrected chi connectivity index (χ0v) is 15.3. The van der Waals surface area contributed by atoms with Crippen LogP contribution in [0.4, 0.5) is 9.52 Å². The fourth-order valence-corrected chi connectivity index (χ4v) is 3.29. The Morgan fingerprint density at radius 2 is 2.07 bits per heavy atom. The number of carbonyl (C=O) groups excluding carboxylic acids is 2. The van der Waals surface area contributed by atoms with Gasteiger partial charge < -0.3 is 9.47 Å². The third-order valence-corrected chi connectivity index (χ3v) is 4.45. The number of fused-ring (bicyclic) bond motifs is 1. The lowest BCUT2D eigenvalue weighted by molar-refractivity contribution is -0.146. The molecule has 0 aliphatic rings. The largest absolute Gasteiger partial charge is 0.494 e. The summed E-state index contributed by atoms with van der Waals surface area (Å²) in [6, 6.07) is 11.1. The van der Waals surface area contributed by atoms with E-state index < -0.39 is 24.3 Å². The maximum absolute atomic E-state index is 13.1. The highest BCUT2D eigenvalue weighted by Gasteiger charge is 2.12. The Labute approximate surface area is 158 Å². The molecule has 2 aromatic carbocycles. The lowest BCUT2D eigenvalue weighted by atomic mass is 10.1. The number of aromatic nitrogens is 1. The van der Waals surface area contributed by atoms with Crippen LogP contribution < -0.4 is 10.1 Å². The van der Waals surface area contributed by atoms with E-state index in [1.54, 1.807) is 6.07 Å². The van der Waals surface area contributed by atoms with Gasteiger partial charge in [0.25, 0.3) is 5.91 Å². The fourth-order valence-electron chi connectivity index (χ4n) is 2.38. The lowest BCUT2D eigenvalue weighted by Crippen LogP contribution is -2.21. The Morgan fingerprint density at radius 1 is 1.22 bits per heavy atom. The number of hydrogen-bond acceptors (Lipinski definition) is 6. The molecular formula is C19H17FN2O4S. The van der Waals surface area contributed by atoms with E-state index in [0.717, 1.165) is 16.0 Å². The number of thiazole rings is 1. The number of ether oxygens (including phenoxy) is 2. The van der Waals surface area contributed by atoms with E-state index in [1.165, 1.54) is 29.5 Å². The monoisotopic (exact) mass is 388 g/mol. The van der Waals surface area contributed by atoms with Crippen molar-refractivity contribution in [2.24, 2.45) is 0 Å². The summed E-state index contributed by atoms with van der Waals surface area (Å²) >= 11 is 1.30. The van der Waals surface area contributed by atoms with E-state index in [9.17, 15) is 14.0 Å². The Bertz CT molecular complexity index is 973. The minimum absolute atomic E-state index is 0.105. The number of nitrogens with one attached hydrogen (secondary N) is 1. The number of amides is 1. The fraction of sp³-hybridized carbons (Fsp3) is 0.211. The summed E-state index contributed by atoms with van der Waals surface area (Å²) in [5.41, 5.74) is 1.22. The van der Waals surface area contributed by atoms with Crippen molar-refractivity contribution in [1.29, 1.82) is 0 Å². The summed E-state index contributed by atoms with van der Waals surface area (Å²) in [7, 11) is 0. The first-order valence-electron chi connectivity index (χ1n) is 8.27. The number of halogens is 1. The van der Waals surface area contributed by atoms with Crippen LogP contribution >= 0.6 is 11.3 Å². The first kappa shape index (κ1) is 18.8. The quantitative estimate of drug-likeness (QED) is 0.626. The third-order valence-electron chi connectivity index (χ3n) is 3.52. The predicted molar refractivity (Wildman–Crippen MR) is 100 cm³/mol. The predicted octanol–water partition coefficient (Wildman–Crippen LogP) is 3.56. The first-order valence-corrected chi connectivity index (χ1v) is 9.08. The van der Waals surface area contributed by atoms with Crippen LogP contribution in [0.3, 0.4) is 0 Å². The van der Waals surface area contributed by atoms with Crippen LogP contribution in [-0.4, -0.2) is 30.1 Å². The molecule has 1 heterocycles. The van der Waals surface area contributed by atoms with Gasteiger partial charge in [-0.2, -0.15) is 0 Å². The Morgan fingerprint density at radius 3 is 2.85 bits per heavy atom. The van der Waals surface area contributed by atoms with Crippen molar-refractivity contribution in [2.45, 2.75) is 13.3 Å². The molecule has 1 N–H and O–H groups in total. The van der Waals surface area contributed by atoms with E-state index >= 15 is 0 Å². The van der Waals surface area contributed by atoms with E-state index in [0.29, 0.717) is 17.3 Å². The Hall–Kier alpha value is -3.00. The van der Waals surface area contributed by atoms with Gasteiger partial charge in [0.2, 0.25) is 0 Å². The van der Waals surface area contributed by atoms with Gasteiger partial charge in [-0.05, 0) is 42.8 Å². The molecule has 1 amide bonds. The van der Waals surface area contributed by atoms with Crippen molar-refractivity contribution in [3.8, 4) is 5.75 Å². The second-order valence-electron chi connectivity index (χ2n) is 5.60. The van der Waals surface area contributed by atoms with Crippen LogP contribution in [0.25, 0.3) is 10.2 Å². The van der Waals surface area contributed by atoms with Gasteiger partial charge >= 0.3 is 5.97 Å². The minimum atomic E-state index is -0.610. The zero-order chi connectivity index (χ0) is 19.2. The Kier molecular flexibility index (Phi) is 5.97. The topological polar surface area (TPSA) is 77.5 Å². The van der Waals surface area contributed by atoms with Crippen molar-refractivity contribution in [1.82, 2.24) is 4.98 Å². The lowest BCUT2D eigenvalue weighted by Gasteiger charge is -2.05. The number of anilines is 1. The van der Waals surface area contributed by atoms with Crippen molar-refractivity contribution in [2.75, 3.05) is 18.5 Å². The summed E-state index contributed by atoms with van der Waals surface area (Å²) in [6.07, 6.45) is -0.105. The molecule has 1 aromatic heterocycles. The molecule has 3 rings (SSSR count). The van der Waals surface area contributed by atoms with Gasteiger partial charge in [0.15, 0.2) is 11.7 Å². The molecule has 0 fully saturated rings. The maximum Gasteiger partial charge on any atom is 0.310 e. The minimum Gasteiger partial charge on any atom is -0.494 e. The molecule has 3 aromatic rings. The number of rotatable bonds is 7. The second-order valence-corrected chi connectivity index (χ2v) is 6.63. The number of benzene rings is 2. The molecule has 0 radical (unpaired) electrons. The molecule has 0 aliphatic heterocycles. The third kappa shape index (κ3) is 5.24. The van der Waals surface area contributed by atoms with E-state index in [1.807, 2.05) is 25.1 Å². The smallest absolute Gasteiger partial charge is 0.310 e. The average molecular weight is 388 g/mol. The second kappa shape index (κ2) is 8.59. The van der Waals surface area contributed by atoms with Crippen LogP contribution in [0, 0.1) is 5.82 Å². The van der Waals surface area contributed by atoms with Gasteiger partial charge in [-0.25, -0.2) is 9.37 Å². The highest BCUT2D eigenvalue weighted by molar-refractivity contribution is 7.22. The highest BCUT2D eigenvalue weighted by Crippen LogP contribution is 2.29. The molecule has 0 spiro atoms. The molecule has 140 valence electrons.